The van der Waals surface area contributed by atoms with E-state index in [-0.39, 0.29) is 11.7 Å². The molecule has 2 aliphatic rings. The van der Waals surface area contributed by atoms with Gasteiger partial charge in [0.05, 0.1) is 6.33 Å². The van der Waals surface area contributed by atoms with Gasteiger partial charge in [-0.05, 0) is 11.6 Å². The molecule has 0 aliphatic carbocycles. The maximum atomic E-state index is 11.9. The molecule has 0 spiro atoms. The fourth-order valence-electron chi connectivity index (χ4n) is 2.61. The first kappa shape index (κ1) is 15.8. The third-order valence-corrected chi connectivity index (χ3v) is 3.54. The third kappa shape index (κ3) is 2.33. The molecule has 2 aliphatic heterocycles. The van der Waals surface area contributed by atoms with Crippen molar-refractivity contribution in [3.63, 3.8) is 0 Å². The van der Waals surface area contributed by atoms with Gasteiger partial charge in [-0.1, -0.05) is 38.1 Å². The first-order chi connectivity index (χ1) is 11.7. The van der Waals surface area contributed by atoms with E-state index in [0.717, 1.165) is 17.2 Å². The van der Waals surface area contributed by atoms with Crippen LogP contribution in [0.15, 0.2) is 41.5 Å². The highest BCUT2D eigenvalue weighted by atomic mass is 16.9. The molecule has 1 unspecified atom stereocenters. The van der Waals surface area contributed by atoms with Gasteiger partial charge < -0.3 is 10.1 Å². The highest BCUT2D eigenvalue weighted by molar-refractivity contribution is 5.86. The van der Waals surface area contributed by atoms with Crippen LogP contribution in [-0.2, 0) is 9.73 Å². The summed E-state index contributed by atoms with van der Waals surface area (Å²) in [7, 11) is 0. The lowest BCUT2D eigenvalue weighted by atomic mass is 10.0. The van der Waals surface area contributed by atoms with E-state index in [4.69, 9.17) is 10.0 Å². The van der Waals surface area contributed by atoms with Gasteiger partial charge in [-0.15, -0.1) is 4.94 Å². The Bertz CT molecular complexity index is 861. The molecule has 4 rings (SSSR count). The maximum absolute atomic E-state index is 11.9. The number of hydroxylamine groups is 2. The predicted molar refractivity (Wildman–Crippen MR) is 88.1 cm³/mol. The minimum Gasteiger partial charge on any atom is -0.478 e. The summed E-state index contributed by atoms with van der Waals surface area (Å²) >= 11 is 0. The first-order valence-electron chi connectivity index (χ1n) is 7.51. The van der Waals surface area contributed by atoms with Crippen LogP contribution in [-0.4, -0.2) is 21.0 Å². The third-order valence-electron chi connectivity index (χ3n) is 3.54. The number of aromatic amines is 1. The Morgan fingerprint density at radius 3 is 2.79 bits per heavy atom. The normalized spacial score (nSPS) is 17.2. The number of anilines is 2. The molecule has 1 fully saturated rings. The molecule has 124 valence electrons. The largest absolute Gasteiger partial charge is 0.478 e. The molecule has 2 aromatic rings. The van der Waals surface area contributed by atoms with E-state index in [2.05, 4.69) is 9.97 Å². The molecule has 3 heterocycles. The Morgan fingerprint density at radius 1 is 1.33 bits per heavy atom. The zero-order valence-electron chi connectivity index (χ0n) is 13.1. The van der Waals surface area contributed by atoms with E-state index < -0.39 is 5.97 Å². The van der Waals surface area contributed by atoms with Crippen molar-refractivity contribution in [3.05, 3.63) is 58.1 Å². The summed E-state index contributed by atoms with van der Waals surface area (Å²) in [6.45, 7) is 4.00. The number of benzene rings is 1. The SMILES string of the molecule is CC.O=C(O)/C=C/c1ccccc1C1N2ON1c1c2nc[nH]c1=O. The molecular weight excluding hydrogens is 312 g/mol. The van der Waals surface area contributed by atoms with E-state index in [1.165, 1.54) is 22.5 Å². The second kappa shape index (κ2) is 6.17. The van der Waals surface area contributed by atoms with Crippen LogP contribution in [0.25, 0.3) is 6.08 Å². The highest BCUT2D eigenvalue weighted by Gasteiger charge is 2.53. The zero-order chi connectivity index (χ0) is 17.3. The molecule has 1 aromatic carbocycles. The summed E-state index contributed by atoms with van der Waals surface area (Å²) in [6.07, 6.45) is 3.57. The number of carboxylic acid groups (broad SMARTS) is 1. The molecule has 2 bridgehead atoms. The number of hydrogen-bond acceptors (Lipinski definition) is 6. The summed E-state index contributed by atoms with van der Waals surface area (Å²) < 4.78 is 0. The average molecular weight is 328 g/mol. The van der Waals surface area contributed by atoms with Crippen LogP contribution in [0.5, 0.6) is 0 Å². The van der Waals surface area contributed by atoms with Gasteiger partial charge in [0.25, 0.3) is 5.56 Å². The van der Waals surface area contributed by atoms with Crippen LogP contribution >= 0.6 is 0 Å². The van der Waals surface area contributed by atoms with E-state index in [1.807, 2.05) is 32.0 Å². The molecule has 8 nitrogen and oxygen atoms in total. The van der Waals surface area contributed by atoms with Crippen molar-refractivity contribution < 1.29 is 14.8 Å². The van der Waals surface area contributed by atoms with Gasteiger partial charge in [-0.2, -0.15) is 10.1 Å². The molecule has 0 radical (unpaired) electrons. The Kier molecular flexibility index (Phi) is 4.05. The van der Waals surface area contributed by atoms with Gasteiger partial charge in [0.2, 0.25) is 0 Å². The number of hydrogen-bond donors (Lipinski definition) is 2. The maximum Gasteiger partial charge on any atom is 0.328 e. The van der Waals surface area contributed by atoms with Gasteiger partial charge >= 0.3 is 5.97 Å². The minimum absolute atomic E-state index is 0.284. The number of aromatic nitrogens is 2. The van der Waals surface area contributed by atoms with Crippen molar-refractivity contribution in [2.75, 3.05) is 10.1 Å². The van der Waals surface area contributed by atoms with Crippen LogP contribution in [0.2, 0.25) is 0 Å². The number of carbonyl (C=O) groups is 1. The van der Waals surface area contributed by atoms with Crippen LogP contribution in [0, 0.1) is 0 Å². The number of nitrogens with one attached hydrogen (secondary N) is 1. The Hall–Kier alpha value is -3.13. The van der Waals surface area contributed by atoms with Crippen LogP contribution in [0.3, 0.4) is 0 Å². The lowest BCUT2D eigenvalue weighted by molar-refractivity contribution is -0.131. The molecule has 8 heteroatoms. The smallest absolute Gasteiger partial charge is 0.328 e. The van der Waals surface area contributed by atoms with Crippen LogP contribution in [0.1, 0.15) is 31.1 Å². The molecule has 2 N–H and O–H groups in total. The lowest BCUT2D eigenvalue weighted by Crippen LogP contribution is -2.50. The number of rotatable bonds is 3. The van der Waals surface area contributed by atoms with Crippen molar-refractivity contribution >= 4 is 23.6 Å². The van der Waals surface area contributed by atoms with Gasteiger partial charge in [0.15, 0.2) is 17.7 Å². The Labute approximate surface area is 137 Å². The summed E-state index contributed by atoms with van der Waals surface area (Å²) in [6, 6.07) is 7.32. The molecule has 24 heavy (non-hydrogen) atoms. The zero-order valence-corrected chi connectivity index (χ0v) is 13.1. The number of aliphatic carboxylic acids is 1. The van der Waals surface area contributed by atoms with E-state index in [1.54, 1.807) is 6.07 Å². The number of fused-ring (bicyclic) bond motifs is 5. The fourth-order valence-corrected chi connectivity index (χ4v) is 2.61. The topological polar surface area (TPSA) is 98.8 Å². The van der Waals surface area contributed by atoms with Crippen molar-refractivity contribution in [1.29, 1.82) is 0 Å². The Balaban J connectivity index is 0.000000815. The summed E-state index contributed by atoms with van der Waals surface area (Å²) in [4.78, 5) is 34.6. The lowest BCUT2D eigenvalue weighted by Gasteiger charge is -2.40. The van der Waals surface area contributed by atoms with Crippen LogP contribution in [0.4, 0.5) is 11.5 Å². The molecule has 1 saturated heterocycles. The second-order valence-corrected chi connectivity index (χ2v) is 4.81. The van der Waals surface area contributed by atoms with Crippen molar-refractivity contribution in [2.45, 2.75) is 20.0 Å². The number of H-pyrrole nitrogens is 1. The Morgan fingerprint density at radius 2 is 2.08 bits per heavy atom. The fraction of sp³-hybridized carbons (Fsp3) is 0.188. The quantitative estimate of drug-likeness (QED) is 0.832. The van der Waals surface area contributed by atoms with Crippen molar-refractivity contribution in [3.8, 4) is 0 Å². The van der Waals surface area contributed by atoms with E-state index >= 15 is 0 Å². The van der Waals surface area contributed by atoms with Crippen LogP contribution < -0.4 is 15.7 Å². The second-order valence-electron chi connectivity index (χ2n) is 4.81. The monoisotopic (exact) mass is 328 g/mol. The summed E-state index contributed by atoms with van der Waals surface area (Å²) in [5.74, 6) is -0.574. The summed E-state index contributed by atoms with van der Waals surface area (Å²) in [5.41, 5.74) is 1.62. The van der Waals surface area contributed by atoms with Crippen molar-refractivity contribution in [2.24, 2.45) is 0 Å². The van der Waals surface area contributed by atoms with E-state index in [9.17, 15) is 9.59 Å². The predicted octanol–water partition coefficient (Wildman–Crippen LogP) is 2.08. The molecule has 0 saturated carbocycles. The van der Waals surface area contributed by atoms with E-state index in [0.29, 0.717) is 11.5 Å². The molecule has 1 aromatic heterocycles. The van der Waals surface area contributed by atoms with Crippen molar-refractivity contribution in [1.82, 2.24) is 9.97 Å². The molecular formula is C16H16N4O4. The molecule has 0 amide bonds. The minimum atomic E-state index is -1.02. The summed E-state index contributed by atoms with van der Waals surface area (Å²) in [5, 5.41) is 11.8. The molecule has 1 atom stereocenters. The van der Waals surface area contributed by atoms with Gasteiger partial charge in [0.1, 0.15) is 0 Å². The van der Waals surface area contributed by atoms with Gasteiger partial charge in [-0.3, -0.25) is 4.79 Å². The highest BCUT2D eigenvalue weighted by Crippen LogP contribution is 2.51. The standard InChI is InChI=1S/C14H10N4O4.C2H6/c19-10(20)6-5-8-3-1-2-4-9(8)14-17-11-12(18(14)22-17)15-7-16-13(11)21;1-2/h1-7,14H,(H,19,20)(H,15,16,21);1-2H3/b6-5+;. The first-order valence-corrected chi connectivity index (χ1v) is 7.51. The number of carboxylic acids is 1. The van der Waals surface area contributed by atoms with Gasteiger partial charge in [-0.25, -0.2) is 9.78 Å². The average Bonchev–Trinajstić information content (AvgIpc) is 3.11. The van der Waals surface area contributed by atoms with Gasteiger partial charge in [0, 0.05) is 11.6 Å². The number of nitrogens with zero attached hydrogens (tertiary/aromatic N) is 3.